The minimum Gasteiger partial charge on any atom is -0.461 e. The average molecular weight is 758 g/mol. The van der Waals surface area contributed by atoms with Crippen LogP contribution in [0.25, 0.3) is 10.2 Å². The highest BCUT2D eigenvalue weighted by Crippen LogP contribution is 2.39. The second-order valence-electron chi connectivity index (χ2n) is 14.3. The maximum Gasteiger partial charge on any atom is 0.358 e. The van der Waals surface area contributed by atoms with Crippen LogP contribution in [0.5, 0.6) is 0 Å². The number of fused-ring (bicyclic) bond motifs is 1. The molecular weight excluding hydrogens is 711 g/mol. The number of anilines is 2. The summed E-state index contributed by atoms with van der Waals surface area (Å²) < 4.78 is 14.8. The molecule has 52 heavy (non-hydrogen) atoms. The molecule has 0 saturated carbocycles. The Morgan fingerprint density at radius 2 is 1.75 bits per heavy atom. The van der Waals surface area contributed by atoms with Crippen molar-refractivity contribution in [3.63, 3.8) is 0 Å². The Kier molecular flexibility index (Phi) is 12.0. The lowest BCUT2D eigenvalue weighted by molar-refractivity contribution is -0.131. The molecule has 0 N–H and O–H groups in total. The van der Waals surface area contributed by atoms with Crippen molar-refractivity contribution in [3.8, 4) is 0 Å². The number of benzene rings is 2. The number of aryl methyl sites for hydroxylation is 1. The minimum atomic E-state index is -1.21. The van der Waals surface area contributed by atoms with Crippen LogP contribution in [0, 0.1) is 6.92 Å². The van der Waals surface area contributed by atoms with Gasteiger partial charge >= 0.3 is 5.97 Å². The number of carbonyl (C=O) groups excluding carboxylic acids is 2. The van der Waals surface area contributed by atoms with Crippen molar-refractivity contribution in [2.24, 2.45) is 4.99 Å². The first-order valence-electron chi connectivity index (χ1n) is 17.8. The molecule has 0 spiro atoms. The summed E-state index contributed by atoms with van der Waals surface area (Å²) >= 11 is 3.07. The topological polar surface area (TPSA) is 115 Å². The molecule has 4 heterocycles. The van der Waals surface area contributed by atoms with Crippen LogP contribution in [0.4, 0.5) is 16.8 Å². The number of likely N-dealkylation sites (tertiary alicyclic amines) is 1. The summed E-state index contributed by atoms with van der Waals surface area (Å²) in [5.41, 5.74) is 3.27. The van der Waals surface area contributed by atoms with Crippen molar-refractivity contribution >= 4 is 69.6 Å². The fourth-order valence-electron chi connectivity index (χ4n) is 6.05. The molecule has 274 valence electrons. The molecule has 1 aliphatic rings. The summed E-state index contributed by atoms with van der Waals surface area (Å²) in [6.07, 6.45) is 1.88. The Balaban J connectivity index is 1.20. The maximum absolute atomic E-state index is 13.1. The monoisotopic (exact) mass is 757 g/mol. The number of hydrogen-bond donors (Lipinski definition) is 0. The zero-order valence-corrected chi connectivity index (χ0v) is 33.4. The molecule has 0 atom stereocenters. The third-order valence-electron chi connectivity index (χ3n) is 9.11. The molecule has 11 nitrogen and oxygen atoms in total. The van der Waals surface area contributed by atoms with Crippen molar-refractivity contribution in [1.82, 2.24) is 24.6 Å². The summed E-state index contributed by atoms with van der Waals surface area (Å²) in [6, 6.07) is 21.1. The molecule has 14 heteroatoms. The van der Waals surface area contributed by atoms with Gasteiger partial charge in [0, 0.05) is 39.7 Å². The predicted octanol–water partition coefficient (Wildman–Crippen LogP) is 7.70. The van der Waals surface area contributed by atoms with E-state index < -0.39 is 14.0 Å². The highest BCUT2D eigenvalue weighted by atomic mass is 32.1. The SMILES string of the molecule is CCOC(=O)c1nc(N(C)c2cc(C)c(N=c3sc4ccccc4n3COCC[Si](C)(C)C)nn2)sc1C1CCN(C(=O)Cc2ccccc2)CC1. The van der Waals surface area contributed by atoms with E-state index in [1.165, 1.54) is 11.3 Å². The number of ether oxygens (including phenoxy) is 2. The zero-order chi connectivity index (χ0) is 36.8. The number of thiazole rings is 2. The first-order valence-corrected chi connectivity index (χ1v) is 23.1. The van der Waals surface area contributed by atoms with Gasteiger partial charge in [0.15, 0.2) is 27.3 Å². The molecule has 1 aliphatic heterocycles. The normalized spacial score (nSPS) is 14.3. The van der Waals surface area contributed by atoms with Crippen molar-refractivity contribution in [1.29, 1.82) is 0 Å². The zero-order valence-electron chi connectivity index (χ0n) is 30.8. The van der Waals surface area contributed by atoms with Crippen LogP contribution < -0.4 is 9.70 Å². The van der Waals surface area contributed by atoms with Gasteiger partial charge in [-0.25, -0.2) is 9.78 Å². The molecular formula is C38H47N7O4S2Si. The van der Waals surface area contributed by atoms with E-state index in [4.69, 9.17) is 19.5 Å². The van der Waals surface area contributed by atoms with Crippen molar-refractivity contribution in [3.05, 3.63) is 87.2 Å². The van der Waals surface area contributed by atoms with Gasteiger partial charge < -0.3 is 19.3 Å². The van der Waals surface area contributed by atoms with Crippen LogP contribution in [0.2, 0.25) is 25.7 Å². The smallest absolute Gasteiger partial charge is 0.358 e. The molecule has 0 radical (unpaired) electrons. The number of esters is 1. The molecule has 1 fully saturated rings. The Morgan fingerprint density at radius 3 is 2.46 bits per heavy atom. The number of rotatable bonds is 13. The third-order valence-corrected chi connectivity index (χ3v) is 13.2. The number of aromatic nitrogens is 4. The lowest BCUT2D eigenvalue weighted by Gasteiger charge is -2.32. The standard InChI is InChI=1S/C38H47N7O4S2Si/c1-7-49-36(47)33-34(28-17-19-44(20-18-28)32(46)24-27-13-9-8-10-14-27)51-37(39-33)43(3)31-23-26(2)35(42-41-31)40-38-45(25-48-21-22-52(4,5)6)29-15-11-12-16-30(29)50-38/h8-16,23,28H,7,17-22,24-25H2,1-6H3. The van der Waals surface area contributed by atoms with Crippen LogP contribution in [0.15, 0.2) is 65.7 Å². The van der Waals surface area contributed by atoms with Crippen molar-refractivity contribution in [2.75, 3.05) is 38.3 Å². The first kappa shape index (κ1) is 37.5. The number of para-hydroxylation sites is 1. The predicted molar refractivity (Wildman–Crippen MR) is 211 cm³/mol. The minimum absolute atomic E-state index is 0.0846. The molecule has 1 saturated heterocycles. The van der Waals surface area contributed by atoms with Gasteiger partial charge in [0.1, 0.15) is 6.73 Å². The van der Waals surface area contributed by atoms with E-state index >= 15 is 0 Å². The summed E-state index contributed by atoms with van der Waals surface area (Å²) in [7, 11) is 0.666. The molecule has 1 amide bonds. The third kappa shape index (κ3) is 9.03. The van der Waals surface area contributed by atoms with E-state index in [2.05, 4.69) is 46.5 Å². The van der Waals surface area contributed by atoms with E-state index in [9.17, 15) is 9.59 Å². The highest BCUT2D eigenvalue weighted by molar-refractivity contribution is 7.16. The van der Waals surface area contributed by atoms with E-state index in [1.807, 2.05) is 72.3 Å². The summed E-state index contributed by atoms with van der Waals surface area (Å²) in [4.78, 5) is 41.4. The van der Waals surface area contributed by atoms with Gasteiger partial charge in [-0.3, -0.25) is 9.36 Å². The quantitative estimate of drug-likeness (QED) is 0.0683. The molecule has 6 rings (SSSR count). The molecule has 0 aliphatic carbocycles. The van der Waals surface area contributed by atoms with E-state index in [1.54, 1.807) is 18.3 Å². The van der Waals surface area contributed by atoms with Gasteiger partial charge in [0.05, 0.1) is 23.2 Å². The van der Waals surface area contributed by atoms with Gasteiger partial charge in [0.2, 0.25) is 5.91 Å². The van der Waals surface area contributed by atoms with Gasteiger partial charge in [-0.05, 0) is 68.0 Å². The first-order chi connectivity index (χ1) is 25.0. The summed E-state index contributed by atoms with van der Waals surface area (Å²) in [5, 5.41) is 9.72. The van der Waals surface area contributed by atoms with E-state index in [0.29, 0.717) is 48.7 Å². The van der Waals surface area contributed by atoms with Crippen molar-refractivity contribution < 1.29 is 19.1 Å². The summed E-state index contributed by atoms with van der Waals surface area (Å²) in [6.45, 7) is 13.5. The number of nitrogens with zero attached hydrogens (tertiary/aromatic N) is 7. The second-order valence-corrected chi connectivity index (χ2v) is 21.9. The van der Waals surface area contributed by atoms with Crippen LogP contribution >= 0.6 is 22.7 Å². The Bertz CT molecular complexity index is 2080. The van der Waals surface area contributed by atoms with E-state index in [0.717, 1.165) is 56.5 Å². The Hall–Kier alpha value is -4.24. The largest absolute Gasteiger partial charge is 0.461 e. The van der Waals surface area contributed by atoms with Gasteiger partial charge in [-0.2, -0.15) is 4.99 Å². The molecule has 0 unspecified atom stereocenters. The van der Waals surface area contributed by atoms with Crippen LogP contribution in [0.3, 0.4) is 0 Å². The highest BCUT2D eigenvalue weighted by Gasteiger charge is 2.31. The van der Waals surface area contributed by atoms with Gasteiger partial charge in [-0.15, -0.1) is 21.5 Å². The summed E-state index contributed by atoms with van der Waals surface area (Å²) in [5.74, 6) is 0.888. The average Bonchev–Trinajstić information content (AvgIpc) is 3.73. The lowest BCUT2D eigenvalue weighted by Crippen LogP contribution is -2.38. The maximum atomic E-state index is 13.1. The Labute approximate surface area is 314 Å². The molecule has 0 bridgehead atoms. The number of piperidine rings is 1. The van der Waals surface area contributed by atoms with Crippen LogP contribution in [-0.4, -0.2) is 77.9 Å². The molecule has 2 aromatic carbocycles. The molecule has 3 aromatic heterocycles. The number of amides is 1. The number of hydrogen-bond acceptors (Lipinski definition) is 11. The van der Waals surface area contributed by atoms with Crippen molar-refractivity contribution in [2.45, 2.75) is 71.4 Å². The Morgan fingerprint density at radius 1 is 1.02 bits per heavy atom. The fourth-order valence-corrected chi connectivity index (χ4v) is 9.02. The van der Waals surface area contributed by atoms with Gasteiger partial charge in [0.25, 0.3) is 0 Å². The van der Waals surface area contributed by atoms with Crippen LogP contribution in [-0.2, 0) is 27.4 Å². The second kappa shape index (κ2) is 16.6. The van der Waals surface area contributed by atoms with Gasteiger partial charge in [-0.1, -0.05) is 73.4 Å². The lowest BCUT2D eigenvalue weighted by atomic mass is 9.93. The fraction of sp³-hybridized carbons (Fsp3) is 0.421. The van der Waals surface area contributed by atoms with Crippen LogP contribution in [0.1, 0.15) is 52.2 Å². The van der Waals surface area contributed by atoms with E-state index in [-0.39, 0.29) is 18.4 Å². The number of carbonyl (C=O) groups is 2. The molecule has 5 aromatic rings.